The molecule has 3 aliphatic rings. The van der Waals surface area contributed by atoms with E-state index in [-0.39, 0.29) is 17.4 Å². The topological polar surface area (TPSA) is 69.6 Å². The Balaban J connectivity index is 1.51. The smallest absolute Gasteiger partial charge is 0.236 e. The number of amides is 1. The molecule has 0 aliphatic carbocycles. The van der Waals surface area contributed by atoms with Crippen molar-refractivity contribution in [2.24, 2.45) is 16.3 Å². The van der Waals surface area contributed by atoms with Crippen molar-refractivity contribution >= 4 is 11.9 Å². The van der Waals surface area contributed by atoms with E-state index in [4.69, 9.17) is 14.5 Å². The van der Waals surface area contributed by atoms with Gasteiger partial charge in [-0.3, -0.25) is 14.7 Å². The first-order chi connectivity index (χ1) is 14.9. The van der Waals surface area contributed by atoms with E-state index in [0.717, 1.165) is 71.3 Å². The number of morpholine rings is 1. The maximum atomic E-state index is 12.5. The Hall–Kier alpha value is -1.38. The molecule has 3 saturated heterocycles. The van der Waals surface area contributed by atoms with Gasteiger partial charge in [0.1, 0.15) is 0 Å². The number of guanidine groups is 1. The van der Waals surface area contributed by atoms with E-state index in [2.05, 4.69) is 42.8 Å². The lowest BCUT2D eigenvalue weighted by atomic mass is 9.78. The van der Waals surface area contributed by atoms with Crippen LogP contribution in [-0.2, 0) is 14.3 Å². The van der Waals surface area contributed by atoms with Crippen LogP contribution in [0.1, 0.15) is 40.5 Å². The lowest BCUT2D eigenvalue weighted by molar-refractivity contribution is -0.136. The molecule has 3 rings (SSSR count). The van der Waals surface area contributed by atoms with Gasteiger partial charge in [-0.05, 0) is 25.2 Å². The summed E-state index contributed by atoms with van der Waals surface area (Å²) in [4.78, 5) is 24.1. The van der Waals surface area contributed by atoms with Gasteiger partial charge in [0.05, 0.1) is 25.9 Å². The van der Waals surface area contributed by atoms with Crippen molar-refractivity contribution in [2.45, 2.75) is 46.6 Å². The number of ether oxygens (including phenoxy) is 2. The van der Waals surface area contributed by atoms with Crippen LogP contribution < -0.4 is 5.32 Å². The zero-order chi connectivity index (χ0) is 22.3. The summed E-state index contributed by atoms with van der Waals surface area (Å²) >= 11 is 0. The number of piperazine rings is 1. The Morgan fingerprint density at radius 3 is 2.39 bits per heavy atom. The molecule has 0 saturated carbocycles. The maximum absolute atomic E-state index is 12.5. The van der Waals surface area contributed by atoms with Gasteiger partial charge in [-0.1, -0.05) is 20.8 Å². The first-order valence-corrected chi connectivity index (χ1v) is 12.1. The molecule has 0 aromatic carbocycles. The van der Waals surface area contributed by atoms with Gasteiger partial charge in [-0.2, -0.15) is 0 Å². The molecule has 178 valence electrons. The molecule has 0 bridgehead atoms. The number of rotatable bonds is 5. The SMILES string of the molecule is CCNC(=NCC1CCCOC1C(C)(C)C)N1CCN(CC(=O)N2CCOCC2)CC1. The van der Waals surface area contributed by atoms with Crippen molar-refractivity contribution in [3.63, 3.8) is 0 Å². The zero-order valence-corrected chi connectivity index (χ0v) is 20.1. The highest BCUT2D eigenvalue weighted by molar-refractivity contribution is 5.80. The van der Waals surface area contributed by atoms with Crippen LogP contribution >= 0.6 is 0 Å². The van der Waals surface area contributed by atoms with E-state index in [1.807, 2.05) is 4.90 Å². The second-order valence-electron chi connectivity index (χ2n) is 10.0. The summed E-state index contributed by atoms with van der Waals surface area (Å²) in [5.41, 5.74) is 0.137. The van der Waals surface area contributed by atoms with Gasteiger partial charge in [-0.15, -0.1) is 0 Å². The molecule has 2 unspecified atom stereocenters. The summed E-state index contributed by atoms with van der Waals surface area (Å²) in [6.45, 7) is 18.3. The van der Waals surface area contributed by atoms with Crippen molar-refractivity contribution in [3.8, 4) is 0 Å². The largest absolute Gasteiger partial charge is 0.378 e. The third-order valence-electron chi connectivity index (χ3n) is 6.50. The number of hydrogen-bond acceptors (Lipinski definition) is 5. The summed E-state index contributed by atoms with van der Waals surface area (Å²) in [5.74, 6) is 1.69. The average molecular weight is 438 g/mol. The number of nitrogens with zero attached hydrogens (tertiary/aromatic N) is 4. The lowest BCUT2D eigenvalue weighted by Gasteiger charge is -2.40. The molecule has 2 atom stereocenters. The Labute approximate surface area is 188 Å². The molecule has 0 radical (unpaired) electrons. The fourth-order valence-electron chi connectivity index (χ4n) is 4.84. The quantitative estimate of drug-likeness (QED) is 0.516. The molecular formula is C23H43N5O3. The molecular weight excluding hydrogens is 394 g/mol. The van der Waals surface area contributed by atoms with Gasteiger partial charge in [0.2, 0.25) is 5.91 Å². The molecule has 0 aromatic rings. The van der Waals surface area contributed by atoms with Crippen molar-refractivity contribution in [1.29, 1.82) is 0 Å². The highest BCUT2D eigenvalue weighted by Gasteiger charge is 2.35. The van der Waals surface area contributed by atoms with Crippen LogP contribution in [0.15, 0.2) is 4.99 Å². The van der Waals surface area contributed by atoms with Gasteiger partial charge in [0.25, 0.3) is 0 Å². The predicted octanol–water partition coefficient (Wildman–Crippen LogP) is 1.27. The Morgan fingerprint density at radius 2 is 1.74 bits per heavy atom. The van der Waals surface area contributed by atoms with Crippen LogP contribution in [0.2, 0.25) is 0 Å². The van der Waals surface area contributed by atoms with E-state index < -0.39 is 0 Å². The van der Waals surface area contributed by atoms with Crippen LogP contribution in [0, 0.1) is 11.3 Å². The Morgan fingerprint density at radius 1 is 1.03 bits per heavy atom. The minimum absolute atomic E-state index is 0.137. The van der Waals surface area contributed by atoms with Crippen molar-refractivity contribution in [1.82, 2.24) is 20.0 Å². The third kappa shape index (κ3) is 7.05. The Bertz CT molecular complexity index is 593. The first kappa shape index (κ1) is 24.3. The monoisotopic (exact) mass is 437 g/mol. The minimum atomic E-state index is 0.137. The van der Waals surface area contributed by atoms with Crippen LogP contribution in [0.4, 0.5) is 0 Å². The zero-order valence-electron chi connectivity index (χ0n) is 20.1. The van der Waals surface area contributed by atoms with E-state index >= 15 is 0 Å². The minimum Gasteiger partial charge on any atom is -0.378 e. The molecule has 0 spiro atoms. The molecule has 8 nitrogen and oxygen atoms in total. The van der Waals surface area contributed by atoms with Crippen LogP contribution in [0.25, 0.3) is 0 Å². The predicted molar refractivity (Wildman–Crippen MR) is 123 cm³/mol. The van der Waals surface area contributed by atoms with Gasteiger partial charge in [0, 0.05) is 64.9 Å². The lowest BCUT2D eigenvalue weighted by Crippen LogP contribution is -2.55. The summed E-state index contributed by atoms with van der Waals surface area (Å²) in [6, 6.07) is 0. The highest BCUT2D eigenvalue weighted by atomic mass is 16.5. The number of carbonyl (C=O) groups excluding carboxylic acids is 1. The second-order valence-corrected chi connectivity index (χ2v) is 10.0. The van der Waals surface area contributed by atoms with Crippen LogP contribution in [0.3, 0.4) is 0 Å². The summed E-state index contributed by atoms with van der Waals surface area (Å²) in [6.07, 6.45) is 2.57. The normalized spacial score (nSPS) is 26.8. The average Bonchev–Trinajstić information content (AvgIpc) is 2.77. The number of hydrogen-bond donors (Lipinski definition) is 1. The van der Waals surface area contributed by atoms with Gasteiger partial charge in [0.15, 0.2) is 5.96 Å². The number of carbonyl (C=O) groups is 1. The van der Waals surface area contributed by atoms with Gasteiger partial charge < -0.3 is 24.6 Å². The first-order valence-electron chi connectivity index (χ1n) is 12.1. The van der Waals surface area contributed by atoms with E-state index in [9.17, 15) is 4.79 Å². The summed E-state index contributed by atoms with van der Waals surface area (Å²) in [5, 5.41) is 3.48. The fraction of sp³-hybridized carbons (Fsp3) is 0.913. The molecule has 3 fully saturated rings. The maximum Gasteiger partial charge on any atom is 0.236 e. The highest BCUT2D eigenvalue weighted by Crippen LogP contribution is 2.34. The third-order valence-corrected chi connectivity index (χ3v) is 6.50. The van der Waals surface area contributed by atoms with Crippen molar-refractivity contribution < 1.29 is 14.3 Å². The summed E-state index contributed by atoms with van der Waals surface area (Å²) < 4.78 is 11.5. The molecule has 3 aliphatic heterocycles. The Kier molecular flexibility index (Phi) is 8.98. The van der Waals surface area contributed by atoms with Gasteiger partial charge >= 0.3 is 0 Å². The molecule has 3 heterocycles. The molecule has 0 aromatic heterocycles. The number of aliphatic imine (C=N–C) groups is 1. The van der Waals surface area contributed by atoms with Crippen LogP contribution in [0.5, 0.6) is 0 Å². The van der Waals surface area contributed by atoms with Crippen LogP contribution in [-0.4, -0.2) is 111 Å². The van der Waals surface area contributed by atoms with E-state index in [1.54, 1.807) is 0 Å². The molecule has 1 N–H and O–H groups in total. The number of nitrogens with one attached hydrogen (secondary N) is 1. The van der Waals surface area contributed by atoms with Gasteiger partial charge in [-0.25, -0.2) is 0 Å². The summed E-state index contributed by atoms with van der Waals surface area (Å²) in [7, 11) is 0. The fourth-order valence-corrected chi connectivity index (χ4v) is 4.84. The van der Waals surface area contributed by atoms with E-state index in [0.29, 0.717) is 25.7 Å². The van der Waals surface area contributed by atoms with Crippen molar-refractivity contribution in [3.05, 3.63) is 0 Å². The second kappa shape index (κ2) is 11.5. The standard InChI is InChI=1S/C23H43N5O3/c1-5-24-22(25-17-19-7-6-14-31-21(19)23(2,3)4)28-10-8-26(9-11-28)18-20(29)27-12-15-30-16-13-27/h19,21H,5-18H2,1-4H3,(H,24,25). The van der Waals surface area contributed by atoms with Crippen molar-refractivity contribution in [2.75, 3.05) is 78.7 Å². The van der Waals surface area contributed by atoms with E-state index in [1.165, 1.54) is 6.42 Å². The molecule has 1 amide bonds. The molecule has 31 heavy (non-hydrogen) atoms. The molecule has 8 heteroatoms.